The first-order valence-electron chi connectivity index (χ1n) is 9.10. The fourth-order valence-corrected chi connectivity index (χ4v) is 3.35. The molecular formula is C21H23N3O2. The van der Waals surface area contributed by atoms with Gasteiger partial charge in [0, 0.05) is 18.2 Å². The second-order valence-corrected chi connectivity index (χ2v) is 6.86. The highest BCUT2D eigenvalue weighted by molar-refractivity contribution is 5.53. The molecule has 1 aliphatic carbocycles. The fraction of sp³-hybridized carbons (Fsp3) is 0.333. The van der Waals surface area contributed by atoms with Crippen LogP contribution in [0, 0.1) is 5.92 Å². The van der Waals surface area contributed by atoms with E-state index in [1.807, 2.05) is 48.5 Å². The Morgan fingerprint density at radius 3 is 2.35 bits per heavy atom. The Morgan fingerprint density at radius 2 is 1.69 bits per heavy atom. The maximum Gasteiger partial charge on any atom is 0.241 e. The van der Waals surface area contributed by atoms with E-state index in [-0.39, 0.29) is 12.6 Å². The van der Waals surface area contributed by atoms with E-state index in [1.54, 1.807) is 0 Å². The molecule has 1 saturated carbocycles. The fourth-order valence-electron chi connectivity index (χ4n) is 3.35. The van der Waals surface area contributed by atoms with Gasteiger partial charge in [0.15, 0.2) is 0 Å². The molecule has 0 radical (unpaired) electrons. The van der Waals surface area contributed by atoms with Crippen LogP contribution in [0.5, 0.6) is 0 Å². The minimum absolute atomic E-state index is 0.127. The van der Waals surface area contributed by atoms with Gasteiger partial charge in [0.2, 0.25) is 11.7 Å². The Kier molecular flexibility index (Phi) is 5.09. The van der Waals surface area contributed by atoms with Gasteiger partial charge in [0.05, 0.1) is 13.2 Å². The third-order valence-corrected chi connectivity index (χ3v) is 4.89. The molecule has 3 aromatic rings. The maximum atomic E-state index is 9.94. The number of nitrogens with zero attached hydrogens (tertiary/aromatic N) is 3. The molecule has 1 heterocycles. The zero-order valence-corrected chi connectivity index (χ0v) is 14.7. The summed E-state index contributed by atoms with van der Waals surface area (Å²) in [4.78, 5) is 6.82. The van der Waals surface area contributed by atoms with Gasteiger partial charge in [-0.15, -0.1) is 0 Å². The van der Waals surface area contributed by atoms with Crippen LogP contribution in [0.3, 0.4) is 0 Å². The molecular weight excluding hydrogens is 326 g/mol. The first kappa shape index (κ1) is 16.9. The minimum atomic E-state index is 0.127. The Bertz CT molecular complexity index is 816. The molecule has 1 unspecified atom stereocenters. The second kappa shape index (κ2) is 7.81. The smallest absolute Gasteiger partial charge is 0.241 e. The Labute approximate surface area is 153 Å². The van der Waals surface area contributed by atoms with Gasteiger partial charge >= 0.3 is 0 Å². The molecule has 1 aromatic heterocycles. The first-order chi connectivity index (χ1) is 12.8. The highest BCUT2D eigenvalue weighted by Crippen LogP contribution is 2.36. The number of aromatic nitrogens is 2. The van der Waals surface area contributed by atoms with Gasteiger partial charge in [-0.3, -0.25) is 4.90 Å². The van der Waals surface area contributed by atoms with Crippen LogP contribution in [-0.4, -0.2) is 32.8 Å². The van der Waals surface area contributed by atoms with Crippen LogP contribution in [0.4, 0.5) is 0 Å². The van der Waals surface area contributed by atoms with E-state index in [0.29, 0.717) is 24.2 Å². The quantitative estimate of drug-likeness (QED) is 0.674. The van der Waals surface area contributed by atoms with Gasteiger partial charge in [0.25, 0.3) is 0 Å². The highest BCUT2D eigenvalue weighted by Gasteiger charge is 2.35. The van der Waals surface area contributed by atoms with E-state index in [0.717, 1.165) is 12.1 Å². The van der Waals surface area contributed by atoms with Crippen LogP contribution < -0.4 is 0 Å². The van der Waals surface area contributed by atoms with Gasteiger partial charge in [-0.1, -0.05) is 65.8 Å². The standard InChI is InChI=1S/C21H23N3O2/c25-15-19(17-11-12-17)24(13-16-7-3-1-4-8-16)14-20-22-21(23-26-20)18-9-5-2-6-10-18/h1-10,17,19,25H,11-15H2. The third kappa shape index (κ3) is 4.00. The summed E-state index contributed by atoms with van der Waals surface area (Å²) in [7, 11) is 0. The molecule has 0 aliphatic heterocycles. The van der Waals surface area contributed by atoms with Crippen LogP contribution in [0.25, 0.3) is 11.4 Å². The summed E-state index contributed by atoms with van der Waals surface area (Å²) in [6, 6.07) is 20.3. The van der Waals surface area contributed by atoms with Gasteiger partial charge in [-0.25, -0.2) is 0 Å². The van der Waals surface area contributed by atoms with Crippen LogP contribution in [0.2, 0.25) is 0 Å². The summed E-state index contributed by atoms with van der Waals surface area (Å²) in [5, 5.41) is 14.1. The van der Waals surface area contributed by atoms with Crippen molar-refractivity contribution in [3.8, 4) is 11.4 Å². The average Bonchev–Trinajstić information content (AvgIpc) is 3.41. The van der Waals surface area contributed by atoms with Crippen molar-refractivity contribution in [2.75, 3.05) is 6.61 Å². The van der Waals surface area contributed by atoms with E-state index in [4.69, 9.17) is 4.52 Å². The lowest BCUT2D eigenvalue weighted by Crippen LogP contribution is -2.38. The van der Waals surface area contributed by atoms with E-state index in [9.17, 15) is 5.11 Å². The first-order valence-corrected chi connectivity index (χ1v) is 9.10. The summed E-state index contributed by atoms with van der Waals surface area (Å²) < 4.78 is 5.50. The average molecular weight is 349 g/mol. The van der Waals surface area contributed by atoms with Gasteiger partial charge in [-0.2, -0.15) is 4.98 Å². The number of aliphatic hydroxyl groups excluding tert-OH is 1. The normalized spacial score (nSPS) is 15.3. The number of rotatable bonds is 8. The maximum absolute atomic E-state index is 9.94. The van der Waals surface area contributed by atoms with E-state index in [2.05, 4.69) is 27.2 Å². The summed E-state index contributed by atoms with van der Waals surface area (Å²) in [6.07, 6.45) is 2.35. The van der Waals surface area contributed by atoms with Crippen molar-refractivity contribution in [2.45, 2.75) is 32.0 Å². The number of aliphatic hydroxyl groups is 1. The van der Waals surface area contributed by atoms with Crippen molar-refractivity contribution in [3.63, 3.8) is 0 Å². The molecule has 5 nitrogen and oxygen atoms in total. The topological polar surface area (TPSA) is 62.4 Å². The van der Waals surface area contributed by atoms with Crippen molar-refractivity contribution in [1.82, 2.24) is 15.0 Å². The van der Waals surface area contributed by atoms with E-state index < -0.39 is 0 Å². The molecule has 2 aromatic carbocycles. The van der Waals surface area contributed by atoms with E-state index in [1.165, 1.54) is 18.4 Å². The molecule has 1 fully saturated rings. The van der Waals surface area contributed by atoms with Crippen molar-refractivity contribution in [3.05, 3.63) is 72.1 Å². The SMILES string of the molecule is OCC(C1CC1)N(Cc1ccccc1)Cc1nc(-c2ccccc2)no1. The van der Waals surface area contributed by atoms with Crippen molar-refractivity contribution >= 4 is 0 Å². The lowest BCUT2D eigenvalue weighted by molar-refractivity contribution is 0.0845. The zero-order valence-electron chi connectivity index (χ0n) is 14.7. The summed E-state index contributed by atoms with van der Waals surface area (Å²) >= 11 is 0. The van der Waals surface area contributed by atoms with Gasteiger partial charge in [0.1, 0.15) is 0 Å². The number of hydrogen-bond acceptors (Lipinski definition) is 5. The number of benzene rings is 2. The van der Waals surface area contributed by atoms with Gasteiger partial charge in [-0.05, 0) is 24.3 Å². The Hall–Kier alpha value is -2.50. The zero-order chi connectivity index (χ0) is 17.8. The van der Waals surface area contributed by atoms with Crippen molar-refractivity contribution in [2.24, 2.45) is 5.92 Å². The van der Waals surface area contributed by atoms with Crippen LogP contribution >= 0.6 is 0 Å². The Morgan fingerprint density at radius 1 is 1.00 bits per heavy atom. The van der Waals surface area contributed by atoms with Crippen LogP contribution in [-0.2, 0) is 13.1 Å². The van der Waals surface area contributed by atoms with Crippen molar-refractivity contribution in [1.29, 1.82) is 0 Å². The van der Waals surface area contributed by atoms with Crippen LogP contribution in [0.15, 0.2) is 65.2 Å². The predicted octanol–water partition coefficient (Wildman–Crippen LogP) is 3.51. The molecule has 1 aliphatic rings. The molecule has 1 atom stereocenters. The van der Waals surface area contributed by atoms with E-state index >= 15 is 0 Å². The van der Waals surface area contributed by atoms with Crippen molar-refractivity contribution < 1.29 is 9.63 Å². The molecule has 0 bridgehead atoms. The molecule has 0 spiro atoms. The minimum Gasteiger partial charge on any atom is -0.395 e. The molecule has 0 saturated heterocycles. The third-order valence-electron chi connectivity index (χ3n) is 4.89. The molecule has 5 heteroatoms. The predicted molar refractivity (Wildman–Crippen MR) is 99.0 cm³/mol. The molecule has 26 heavy (non-hydrogen) atoms. The monoisotopic (exact) mass is 349 g/mol. The molecule has 1 N–H and O–H groups in total. The van der Waals surface area contributed by atoms with Crippen LogP contribution in [0.1, 0.15) is 24.3 Å². The summed E-state index contributed by atoms with van der Waals surface area (Å²) in [5.41, 5.74) is 2.16. The molecule has 4 rings (SSSR count). The number of hydrogen-bond donors (Lipinski definition) is 1. The summed E-state index contributed by atoms with van der Waals surface area (Å²) in [5.74, 6) is 1.74. The van der Waals surface area contributed by atoms with Gasteiger partial charge < -0.3 is 9.63 Å². The second-order valence-electron chi connectivity index (χ2n) is 6.86. The molecule has 0 amide bonds. The Balaban J connectivity index is 1.53. The lowest BCUT2D eigenvalue weighted by atomic mass is 10.1. The summed E-state index contributed by atoms with van der Waals surface area (Å²) in [6.45, 7) is 1.44. The highest BCUT2D eigenvalue weighted by atomic mass is 16.5. The lowest BCUT2D eigenvalue weighted by Gasteiger charge is -2.29. The molecule has 134 valence electrons. The largest absolute Gasteiger partial charge is 0.395 e.